The van der Waals surface area contributed by atoms with Crippen LogP contribution in [-0.4, -0.2) is 0 Å². The van der Waals surface area contributed by atoms with Crippen molar-refractivity contribution in [1.29, 1.82) is 0 Å². The number of nitrogens with zero attached hydrogens (tertiary/aromatic N) is 1. The number of hydrogen-bond donors (Lipinski definition) is 0. The Morgan fingerprint density at radius 2 is 2.00 bits per heavy atom. The fraction of sp³-hybridized carbons (Fsp3) is 0.333. The average Bonchev–Trinajstić information content (AvgIpc) is 2.07. The van der Waals surface area contributed by atoms with Crippen LogP contribution < -0.4 is 0 Å². The first-order valence-corrected chi connectivity index (χ1v) is 3.91. The van der Waals surface area contributed by atoms with Gasteiger partial charge in [-0.1, -0.05) is 11.2 Å². The van der Waals surface area contributed by atoms with E-state index in [0.29, 0.717) is 11.1 Å². The van der Waals surface area contributed by atoms with Crippen molar-refractivity contribution in [2.45, 2.75) is 19.6 Å². The molecule has 0 aliphatic carbocycles. The Balaban J connectivity index is 3.12. The molecule has 0 aliphatic heterocycles. The quantitative estimate of drug-likeness (QED) is 0.678. The molecule has 0 fully saturated rings. The fourth-order valence-corrected chi connectivity index (χ4v) is 1.09. The average molecular weight is 203 g/mol. The second kappa shape index (κ2) is 3.77. The normalized spacial score (nSPS) is 11.4. The Morgan fingerprint density at radius 1 is 1.36 bits per heavy atom. The van der Waals surface area contributed by atoms with Gasteiger partial charge in [-0.15, -0.1) is 0 Å². The summed E-state index contributed by atoms with van der Waals surface area (Å²) in [5.74, 6) is 0. The minimum absolute atomic E-state index is 0.226. The Hall–Kier alpha value is -1.39. The number of rotatable bonds is 2. The maximum atomic E-state index is 12.2. The summed E-state index contributed by atoms with van der Waals surface area (Å²) >= 11 is 0. The van der Waals surface area contributed by atoms with Crippen molar-refractivity contribution in [2.24, 2.45) is 5.18 Å². The van der Waals surface area contributed by atoms with E-state index in [2.05, 4.69) is 5.18 Å². The van der Waals surface area contributed by atoms with Gasteiger partial charge in [0.1, 0.15) is 6.54 Å². The lowest BCUT2D eigenvalue weighted by Crippen LogP contribution is -2.05. The molecule has 0 amide bonds. The van der Waals surface area contributed by atoms with Crippen LogP contribution in [-0.2, 0) is 12.7 Å². The molecule has 1 aromatic rings. The van der Waals surface area contributed by atoms with Gasteiger partial charge in [-0.2, -0.15) is 18.1 Å². The van der Waals surface area contributed by atoms with Gasteiger partial charge in [-0.05, 0) is 30.2 Å². The summed E-state index contributed by atoms with van der Waals surface area (Å²) in [4.78, 5) is 9.96. The van der Waals surface area contributed by atoms with Crippen LogP contribution in [0.2, 0.25) is 0 Å². The molecule has 2 nitrogen and oxygen atoms in total. The van der Waals surface area contributed by atoms with Gasteiger partial charge < -0.3 is 0 Å². The molecule has 0 saturated carbocycles. The highest BCUT2D eigenvalue weighted by atomic mass is 19.4. The second-order valence-corrected chi connectivity index (χ2v) is 2.93. The van der Waals surface area contributed by atoms with E-state index in [1.54, 1.807) is 6.92 Å². The SMILES string of the molecule is Cc1ccc(C(F)(F)F)cc1CN=O. The Labute approximate surface area is 78.7 Å². The number of alkyl halides is 3. The van der Waals surface area contributed by atoms with Crippen LogP contribution in [0.15, 0.2) is 23.4 Å². The van der Waals surface area contributed by atoms with Crippen LogP contribution in [0.3, 0.4) is 0 Å². The fourth-order valence-electron chi connectivity index (χ4n) is 1.09. The highest BCUT2D eigenvalue weighted by Gasteiger charge is 2.30. The molecule has 0 bridgehead atoms. The third kappa shape index (κ3) is 2.31. The summed E-state index contributed by atoms with van der Waals surface area (Å²) in [5.41, 5.74) is 0.203. The summed E-state index contributed by atoms with van der Waals surface area (Å²) < 4.78 is 36.7. The van der Waals surface area contributed by atoms with Crippen LogP contribution in [0.5, 0.6) is 0 Å². The van der Waals surface area contributed by atoms with Gasteiger partial charge in [0.15, 0.2) is 0 Å². The summed E-state index contributed by atoms with van der Waals surface area (Å²) in [5, 5.41) is 2.57. The molecule has 1 aromatic carbocycles. The van der Waals surface area contributed by atoms with E-state index in [0.717, 1.165) is 12.1 Å². The molecule has 0 aliphatic rings. The van der Waals surface area contributed by atoms with Crippen molar-refractivity contribution < 1.29 is 13.2 Å². The smallest absolute Gasteiger partial charge is 0.166 e. The zero-order chi connectivity index (χ0) is 10.8. The van der Waals surface area contributed by atoms with Crippen LogP contribution in [0, 0.1) is 11.8 Å². The maximum Gasteiger partial charge on any atom is 0.416 e. The maximum absolute atomic E-state index is 12.2. The van der Waals surface area contributed by atoms with E-state index in [-0.39, 0.29) is 6.54 Å². The molecular formula is C9H8F3NO. The topological polar surface area (TPSA) is 29.4 Å². The predicted molar refractivity (Wildman–Crippen MR) is 45.7 cm³/mol. The van der Waals surface area contributed by atoms with Crippen molar-refractivity contribution >= 4 is 0 Å². The zero-order valence-electron chi connectivity index (χ0n) is 7.43. The first-order chi connectivity index (χ1) is 6.45. The highest BCUT2D eigenvalue weighted by molar-refractivity contribution is 5.32. The van der Waals surface area contributed by atoms with Crippen molar-refractivity contribution in [3.8, 4) is 0 Å². The molecular weight excluding hydrogens is 195 g/mol. The van der Waals surface area contributed by atoms with Crippen molar-refractivity contribution in [1.82, 2.24) is 0 Å². The molecule has 0 heterocycles. The summed E-state index contributed by atoms with van der Waals surface area (Å²) in [6, 6.07) is 3.28. The number of aryl methyl sites for hydroxylation is 1. The number of nitroso groups, excluding NO2 is 1. The Morgan fingerprint density at radius 3 is 2.50 bits per heavy atom. The van der Waals surface area contributed by atoms with Gasteiger partial charge in [0.05, 0.1) is 5.56 Å². The minimum Gasteiger partial charge on any atom is -0.166 e. The van der Waals surface area contributed by atoms with Gasteiger partial charge in [-0.3, -0.25) is 0 Å². The van der Waals surface area contributed by atoms with Crippen LogP contribution in [0.1, 0.15) is 16.7 Å². The highest BCUT2D eigenvalue weighted by Crippen LogP contribution is 2.30. The van der Waals surface area contributed by atoms with Gasteiger partial charge in [0, 0.05) is 0 Å². The number of benzene rings is 1. The lowest BCUT2D eigenvalue weighted by atomic mass is 10.1. The number of halogens is 3. The molecule has 0 saturated heterocycles. The standard InChI is InChI=1S/C9H8F3NO/c1-6-2-3-8(9(10,11)12)4-7(6)5-13-14/h2-4H,5H2,1H3. The lowest BCUT2D eigenvalue weighted by Gasteiger charge is -2.09. The van der Waals surface area contributed by atoms with E-state index < -0.39 is 11.7 Å². The third-order valence-electron chi connectivity index (χ3n) is 1.91. The van der Waals surface area contributed by atoms with Crippen LogP contribution in [0.4, 0.5) is 13.2 Å². The lowest BCUT2D eigenvalue weighted by molar-refractivity contribution is -0.137. The third-order valence-corrected chi connectivity index (χ3v) is 1.91. The van der Waals surface area contributed by atoms with Gasteiger partial charge in [0.25, 0.3) is 0 Å². The van der Waals surface area contributed by atoms with Gasteiger partial charge >= 0.3 is 6.18 Å². The first-order valence-electron chi connectivity index (χ1n) is 3.91. The van der Waals surface area contributed by atoms with E-state index >= 15 is 0 Å². The minimum atomic E-state index is -4.37. The predicted octanol–water partition coefficient (Wildman–Crippen LogP) is 3.28. The molecule has 1 rings (SSSR count). The molecule has 0 N–H and O–H groups in total. The Kier molecular flexibility index (Phi) is 2.88. The second-order valence-electron chi connectivity index (χ2n) is 2.93. The van der Waals surface area contributed by atoms with Crippen LogP contribution in [0.25, 0.3) is 0 Å². The molecule has 0 atom stereocenters. The van der Waals surface area contributed by atoms with Gasteiger partial charge in [0.2, 0.25) is 0 Å². The van der Waals surface area contributed by atoms with E-state index in [1.807, 2.05) is 0 Å². The molecule has 5 heteroatoms. The first kappa shape index (κ1) is 10.7. The molecule has 0 aromatic heterocycles. The summed E-state index contributed by atoms with van der Waals surface area (Å²) in [6.07, 6.45) is -4.37. The van der Waals surface area contributed by atoms with Crippen molar-refractivity contribution in [2.75, 3.05) is 0 Å². The van der Waals surface area contributed by atoms with E-state index in [4.69, 9.17) is 0 Å². The van der Waals surface area contributed by atoms with Gasteiger partial charge in [-0.25, -0.2) is 0 Å². The van der Waals surface area contributed by atoms with Crippen LogP contribution >= 0.6 is 0 Å². The zero-order valence-corrected chi connectivity index (χ0v) is 7.43. The van der Waals surface area contributed by atoms with E-state index in [9.17, 15) is 18.1 Å². The molecule has 76 valence electrons. The molecule has 14 heavy (non-hydrogen) atoms. The largest absolute Gasteiger partial charge is 0.416 e. The van der Waals surface area contributed by atoms with Crippen molar-refractivity contribution in [3.63, 3.8) is 0 Å². The Bertz CT molecular complexity index is 346. The molecule has 0 unspecified atom stereocenters. The summed E-state index contributed by atoms with van der Waals surface area (Å²) in [7, 11) is 0. The molecule has 0 radical (unpaired) electrons. The van der Waals surface area contributed by atoms with Crippen molar-refractivity contribution in [3.05, 3.63) is 39.8 Å². The summed E-state index contributed by atoms with van der Waals surface area (Å²) in [6.45, 7) is 1.41. The van der Waals surface area contributed by atoms with E-state index in [1.165, 1.54) is 6.07 Å². The molecule has 0 spiro atoms. The monoisotopic (exact) mass is 203 g/mol. The number of hydrogen-bond acceptors (Lipinski definition) is 2.